The lowest BCUT2D eigenvalue weighted by molar-refractivity contribution is 0.0147. The highest BCUT2D eigenvalue weighted by molar-refractivity contribution is 14.0. The Morgan fingerprint density at radius 3 is 2.41 bits per heavy atom. The van der Waals surface area contributed by atoms with E-state index in [0.29, 0.717) is 13.1 Å². The Kier molecular flexibility index (Phi) is 11.6. The molecular weight excluding hydrogens is 485 g/mol. The summed E-state index contributed by atoms with van der Waals surface area (Å²) in [5.41, 5.74) is -0.441. The number of carbonyl (C=O) groups is 1. The van der Waals surface area contributed by atoms with E-state index in [-0.39, 0.29) is 30.1 Å². The van der Waals surface area contributed by atoms with Crippen LogP contribution in [0.25, 0.3) is 0 Å². The molecule has 0 radical (unpaired) electrons. The van der Waals surface area contributed by atoms with Gasteiger partial charge >= 0.3 is 6.09 Å². The van der Waals surface area contributed by atoms with E-state index in [9.17, 15) is 4.79 Å². The second-order valence-corrected chi connectivity index (χ2v) is 8.72. The van der Waals surface area contributed by atoms with Gasteiger partial charge in [0.2, 0.25) is 0 Å². The molecule has 1 aliphatic carbocycles. The summed E-state index contributed by atoms with van der Waals surface area (Å²) in [5.74, 6) is 1.70. The lowest BCUT2D eigenvalue weighted by Crippen LogP contribution is -2.51. The molecule has 1 aliphatic heterocycles. The highest BCUT2D eigenvalue weighted by Crippen LogP contribution is 2.28. The number of halogens is 1. The first-order valence-corrected chi connectivity index (χ1v) is 10.5. The lowest BCUT2D eigenvalue weighted by Gasteiger charge is -2.35. The predicted molar refractivity (Wildman–Crippen MR) is 127 cm³/mol. The van der Waals surface area contributed by atoms with E-state index in [1.807, 2.05) is 34.9 Å². The van der Waals surface area contributed by atoms with Gasteiger partial charge in [-0.2, -0.15) is 0 Å². The van der Waals surface area contributed by atoms with Crippen LogP contribution >= 0.6 is 24.0 Å². The van der Waals surface area contributed by atoms with Crippen LogP contribution in [0.15, 0.2) is 4.99 Å². The van der Waals surface area contributed by atoms with E-state index < -0.39 is 5.60 Å². The average Bonchev–Trinajstić information content (AvgIpc) is 3.45. The zero-order chi connectivity index (χ0) is 20.6. The second kappa shape index (κ2) is 12.8. The monoisotopic (exact) mass is 525 g/mol. The Morgan fingerprint density at radius 2 is 1.86 bits per heavy atom. The van der Waals surface area contributed by atoms with Crippen LogP contribution in [0.2, 0.25) is 0 Å². The van der Waals surface area contributed by atoms with Gasteiger partial charge in [0.15, 0.2) is 5.96 Å². The van der Waals surface area contributed by atoms with Crippen molar-refractivity contribution in [2.45, 2.75) is 39.2 Å². The molecule has 0 spiro atoms. The van der Waals surface area contributed by atoms with Crippen molar-refractivity contribution in [2.24, 2.45) is 10.9 Å². The van der Waals surface area contributed by atoms with Gasteiger partial charge in [-0.1, -0.05) is 0 Å². The number of piperazine rings is 1. The summed E-state index contributed by atoms with van der Waals surface area (Å²) in [4.78, 5) is 22.7. The van der Waals surface area contributed by atoms with Crippen LogP contribution in [0.4, 0.5) is 4.79 Å². The first kappa shape index (κ1) is 26.2. The molecule has 1 amide bonds. The second-order valence-electron chi connectivity index (χ2n) is 8.72. The van der Waals surface area contributed by atoms with Crippen molar-refractivity contribution in [1.82, 2.24) is 20.0 Å². The molecule has 0 atom stereocenters. The van der Waals surface area contributed by atoms with Crippen LogP contribution in [-0.2, 0) is 9.47 Å². The van der Waals surface area contributed by atoms with Crippen molar-refractivity contribution in [3.8, 4) is 0 Å². The lowest BCUT2D eigenvalue weighted by atomic mass is 10.2. The third-order valence-corrected chi connectivity index (χ3v) is 4.93. The maximum absolute atomic E-state index is 12.1. The van der Waals surface area contributed by atoms with E-state index in [4.69, 9.17) is 9.47 Å². The molecule has 0 aromatic rings. The van der Waals surface area contributed by atoms with Crippen LogP contribution in [0.5, 0.6) is 0 Å². The van der Waals surface area contributed by atoms with Gasteiger partial charge in [-0.3, -0.25) is 9.89 Å². The fraction of sp³-hybridized carbons (Fsp3) is 0.900. The van der Waals surface area contributed by atoms with Gasteiger partial charge in [-0.25, -0.2) is 4.79 Å². The summed E-state index contributed by atoms with van der Waals surface area (Å²) in [5, 5.41) is 3.42. The molecule has 1 heterocycles. The third-order valence-electron chi connectivity index (χ3n) is 4.93. The fourth-order valence-electron chi connectivity index (χ4n) is 3.03. The van der Waals surface area contributed by atoms with Crippen LogP contribution in [0, 0.1) is 5.92 Å². The SMILES string of the molecule is CN=C(NCCN1CCN(C(=O)OC(C)(C)C)CC1)N(C)CCOCC1CC1.I. The van der Waals surface area contributed by atoms with Crippen LogP contribution < -0.4 is 5.32 Å². The average molecular weight is 525 g/mol. The molecular formula is C20H40IN5O3. The smallest absolute Gasteiger partial charge is 0.410 e. The number of nitrogens with zero attached hydrogens (tertiary/aromatic N) is 4. The number of hydrogen-bond donors (Lipinski definition) is 1. The topological polar surface area (TPSA) is 69.6 Å². The van der Waals surface area contributed by atoms with E-state index >= 15 is 0 Å². The number of aliphatic imine (C=N–C) groups is 1. The number of nitrogens with one attached hydrogen (secondary N) is 1. The molecule has 0 aromatic heterocycles. The number of amides is 1. The third kappa shape index (κ3) is 10.7. The molecule has 9 heteroatoms. The largest absolute Gasteiger partial charge is 0.444 e. The number of likely N-dealkylation sites (N-methyl/N-ethyl adjacent to an activating group) is 1. The minimum absolute atomic E-state index is 0. The van der Waals surface area contributed by atoms with Crippen molar-refractivity contribution in [1.29, 1.82) is 0 Å². The molecule has 0 bridgehead atoms. The van der Waals surface area contributed by atoms with Gasteiger partial charge in [0.05, 0.1) is 6.61 Å². The molecule has 8 nitrogen and oxygen atoms in total. The quantitative estimate of drug-likeness (QED) is 0.227. The van der Waals surface area contributed by atoms with E-state index in [0.717, 1.165) is 57.8 Å². The summed E-state index contributed by atoms with van der Waals surface area (Å²) >= 11 is 0. The maximum atomic E-state index is 12.1. The maximum Gasteiger partial charge on any atom is 0.410 e. The Labute approximate surface area is 193 Å². The van der Waals surface area contributed by atoms with Crippen molar-refractivity contribution < 1.29 is 14.3 Å². The first-order valence-electron chi connectivity index (χ1n) is 10.5. The number of carbonyl (C=O) groups excluding carboxylic acids is 1. The van der Waals surface area contributed by atoms with Crippen molar-refractivity contribution >= 4 is 36.0 Å². The minimum atomic E-state index is -0.441. The molecule has 0 unspecified atom stereocenters. The van der Waals surface area contributed by atoms with Gasteiger partial charge in [0, 0.05) is 66.5 Å². The Bertz CT molecular complexity index is 515. The van der Waals surface area contributed by atoms with Crippen LogP contribution in [-0.4, -0.2) is 105 Å². The molecule has 1 saturated carbocycles. The first-order chi connectivity index (χ1) is 13.3. The Balaban J connectivity index is 0.00000420. The summed E-state index contributed by atoms with van der Waals surface area (Å²) in [7, 11) is 3.85. The van der Waals surface area contributed by atoms with Gasteiger partial charge < -0.3 is 24.6 Å². The van der Waals surface area contributed by atoms with Crippen molar-refractivity contribution in [2.75, 3.05) is 73.1 Å². The molecule has 1 saturated heterocycles. The van der Waals surface area contributed by atoms with Gasteiger partial charge in [-0.15, -0.1) is 24.0 Å². The number of ether oxygens (including phenoxy) is 2. The van der Waals surface area contributed by atoms with Gasteiger partial charge in [0.1, 0.15) is 5.60 Å². The molecule has 2 rings (SSSR count). The van der Waals surface area contributed by atoms with Gasteiger partial charge in [-0.05, 0) is 39.5 Å². The minimum Gasteiger partial charge on any atom is -0.444 e. The summed E-state index contributed by atoms with van der Waals surface area (Å²) in [6, 6.07) is 0. The van der Waals surface area contributed by atoms with E-state index in [1.165, 1.54) is 12.8 Å². The summed E-state index contributed by atoms with van der Waals surface area (Å²) in [6.07, 6.45) is 2.44. The van der Waals surface area contributed by atoms with E-state index in [1.54, 1.807) is 4.90 Å². The fourth-order valence-corrected chi connectivity index (χ4v) is 3.03. The molecule has 29 heavy (non-hydrogen) atoms. The summed E-state index contributed by atoms with van der Waals surface area (Å²) < 4.78 is 11.2. The summed E-state index contributed by atoms with van der Waals surface area (Å²) in [6.45, 7) is 13.1. The number of hydrogen-bond acceptors (Lipinski definition) is 5. The van der Waals surface area contributed by atoms with E-state index in [2.05, 4.69) is 20.1 Å². The highest BCUT2D eigenvalue weighted by atomic mass is 127. The predicted octanol–water partition coefficient (Wildman–Crippen LogP) is 2.09. The number of guanidine groups is 1. The molecule has 0 aromatic carbocycles. The molecule has 1 N–H and O–H groups in total. The zero-order valence-electron chi connectivity index (χ0n) is 18.8. The molecule has 2 fully saturated rings. The zero-order valence-corrected chi connectivity index (χ0v) is 21.1. The number of rotatable bonds is 8. The van der Waals surface area contributed by atoms with Crippen molar-refractivity contribution in [3.63, 3.8) is 0 Å². The Morgan fingerprint density at radius 1 is 1.21 bits per heavy atom. The van der Waals surface area contributed by atoms with Gasteiger partial charge in [0.25, 0.3) is 0 Å². The Hall–Kier alpha value is -0.810. The molecule has 170 valence electrons. The van der Waals surface area contributed by atoms with Crippen molar-refractivity contribution in [3.05, 3.63) is 0 Å². The van der Waals surface area contributed by atoms with Crippen LogP contribution in [0.3, 0.4) is 0 Å². The highest BCUT2D eigenvalue weighted by Gasteiger charge is 2.25. The van der Waals surface area contributed by atoms with Crippen LogP contribution in [0.1, 0.15) is 33.6 Å². The standard InChI is InChI=1S/C20H39N5O3.HI/c1-20(2,3)28-19(26)25-12-10-24(11-13-25)9-8-22-18(21-4)23(5)14-15-27-16-17-6-7-17;/h17H,6-16H2,1-5H3,(H,21,22);1H. The normalized spacial score (nSPS) is 18.2. The molecule has 2 aliphatic rings.